The first-order valence-electron chi connectivity index (χ1n) is 7.13. The molecule has 0 bridgehead atoms. The lowest BCUT2D eigenvalue weighted by Gasteiger charge is -2.27. The highest BCUT2D eigenvalue weighted by molar-refractivity contribution is 5.59. The minimum Gasteiger partial charge on any atom is -0.378 e. The van der Waals surface area contributed by atoms with Crippen molar-refractivity contribution in [3.63, 3.8) is 0 Å². The summed E-state index contributed by atoms with van der Waals surface area (Å²) in [5, 5.41) is 0. The van der Waals surface area contributed by atoms with Crippen molar-refractivity contribution in [1.29, 1.82) is 0 Å². The van der Waals surface area contributed by atoms with Gasteiger partial charge < -0.3 is 15.5 Å². The first-order chi connectivity index (χ1) is 10.1. The molecule has 0 saturated heterocycles. The molecule has 1 atom stereocenters. The summed E-state index contributed by atoms with van der Waals surface area (Å²) in [6.45, 7) is 1.05. The Bertz CT molecular complexity index is 637. The van der Waals surface area contributed by atoms with Crippen LogP contribution < -0.4 is 15.5 Å². The van der Waals surface area contributed by atoms with Crippen LogP contribution in [0.15, 0.2) is 42.5 Å². The number of hydrogen-bond donors (Lipinski definition) is 1. The third-order valence-corrected chi connectivity index (χ3v) is 4.14. The molecule has 0 spiro atoms. The quantitative estimate of drug-likeness (QED) is 0.941. The third kappa shape index (κ3) is 2.36. The van der Waals surface area contributed by atoms with E-state index in [1.807, 2.05) is 20.2 Å². The van der Waals surface area contributed by atoms with Crippen molar-refractivity contribution < 1.29 is 4.39 Å². The fourth-order valence-corrected chi connectivity index (χ4v) is 2.97. The summed E-state index contributed by atoms with van der Waals surface area (Å²) in [5.41, 5.74) is 9.93. The maximum Gasteiger partial charge on any atom is 0.128 e. The molecule has 1 aliphatic heterocycles. The Labute approximate surface area is 124 Å². The van der Waals surface area contributed by atoms with Gasteiger partial charge in [-0.05, 0) is 35.9 Å². The molecule has 2 aromatic rings. The molecule has 3 nitrogen and oxygen atoms in total. The van der Waals surface area contributed by atoms with Crippen LogP contribution in [0.25, 0.3) is 0 Å². The summed E-state index contributed by atoms with van der Waals surface area (Å²) < 4.78 is 14.0. The van der Waals surface area contributed by atoms with Crippen LogP contribution in [0.2, 0.25) is 0 Å². The predicted octanol–water partition coefficient (Wildman–Crippen LogP) is 2.91. The number of benzene rings is 2. The second-order valence-electron chi connectivity index (χ2n) is 5.60. The normalized spacial score (nSPS) is 17.0. The van der Waals surface area contributed by atoms with E-state index in [9.17, 15) is 4.39 Å². The average Bonchev–Trinajstić information content (AvgIpc) is 2.87. The fraction of sp³-hybridized carbons (Fsp3) is 0.294. The molecule has 0 fully saturated rings. The van der Waals surface area contributed by atoms with Gasteiger partial charge >= 0.3 is 0 Å². The molecule has 110 valence electrons. The Hall–Kier alpha value is -2.07. The molecule has 0 aliphatic carbocycles. The van der Waals surface area contributed by atoms with Crippen molar-refractivity contribution in [2.75, 3.05) is 30.4 Å². The summed E-state index contributed by atoms with van der Waals surface area (Å²) in [7, 11) is 4.03. The lowest BCUT2D eigenvalue weighted by molar-refractivity contribution is 0.612. The standard InChI is InChI=1S/C17H20FN3/c1-20(2)12-6-8-13(9-7-12)21-11-15-14(17(21)10-19)4-3-5-16(15)18/h3-9,17H,10-11,19H2,1-2H3. The Morgan fingerprint density at radius 3 is 2.52 bits per heavy atom. The molecular formula is C17H20FN3. The fourth-order valence-electron chi connectivity index (χ4n) is 2.97. The van der Waals surface area contributed by atoms with E-state index < -0.39 is 0 Å². The van der Waals surface area contributed by atoms with Crippen LogP contribution >= 0.6 is 0 Å². The molecule has 0 aromatic heterocycles. The summed E-state index contributed by atoms with van der Waals surface area (Å²) in [6, 6.07) is 13.6. The molecule has 21 heavy (non-hydrogen) atoms. The molecule has 1 unspecified atom stereocenters. The second kappa shape index (κ2) is 5.37. The third-order valence-electron chi connectivity index (χ3n) is 4.14. The van der Waals surface area contributed by atoms with E-state index in [1.165, 1.54) is 6.07 Å². The van der Waals surface area contributed by atoms with Crippen LogP contribution in [0.1, 0.15) is 17.2 Å². The lowest BCUT2D eigenvalue weighted by atomic mass is 10.0. The molecule has 1 heterocycles. The van der Waals surface area contributed by atoms with Gasteiger partial charge in [-0.1, -0.05) is 12.1 Å². The Balaban J connectivity index is 1.95. The maximum atomic E-state index is 14.0. The molecule has 2 N–H and O–H groups in total. The topological polar surface area (TPSA) is 32.5 Å². The van der Waals surface area contributed by atoms with Crippen molar-refractivity contribution in [3.05, 3.63) is 59.4 Å². The predicted molar refractivity (Wildman–Crippen MR) is 85.1 cm³/mol. The van der Waals surface area contributed by atoms with Crippen molar-refractivity contribution >= 4 is 11.4 Å². The van der Waals surface area contributed by atoms with Gasteiger partial charge in [0.1, 0.15) is 5.82 Å². The minimum absolute atomic E-state index is 0.0425. The highest BCUT2D eigenvalue weighted by Crippen LogP contribution is 2.38. The summed E-state index contributed by atoms with van der Waals surface area (Å²) in [4.78, 5) is 4.23. The lowest BCUT2D eigenvalue weighted by Crippen LogP contribution is -2.27. The first kappa shape index (κ1) is 13.9. The van der Waals surface area contributed by atoms with Gasteiger partial charge in [0.15, 0.2) is 0 Å². The average molecular weight is 285 g/mol. The number of rotatable bonds is 3. The van der Waals surface area contributed by atoms with E-state index in [2.05, 4.69) is 34.1 Å². The van der Waals surface area contributed by atoms with Crippen molar-refractivity contribution in [2.24, 2.45) is 5.73 Å². The van der Waals surface area contributed by atoms with Crippen LogP contribution in [-0.2, 0) is 6.54 Å². The number of nitrogens with two attached hydrogens (primary N) is 1. The molecule has 0 radical (unpaired) electrons. The summed E-state index contributed by atoms with van der Waals surface area (Å²) in [5.74, 6) is -0.140. The maximum absolute atomic E-state index is 14.0. The zero-order valence-corrected chi connectivity index (χ0v) is 12.4. The van der Waals surface area contributed by atoms with Gasteiger partial charge in [0.2, 0.25) is 0 Å². The number of anilines is 2. The molecule has 2 aromatic carbocycles. The van der Waals surface area contributed by atoms with E-state index in [1.54, 1.807) is 6.07 Å². The van der Waals surface area contributed by atoms with E-state index in [-0.39, 0.29) is 11.9 Å². The molecule has 3 rings (SSSR count). The van der Waals surface area contributed by atoms with Crippen molar-refractivity contribution in [1.82, 2.24) is 0 Å². The van der Waals surface area contributed by atoms with Crippen molar-refractivity contribution in [3.8, 4) is 0 Å². The molecular weight excluding hydrogens is 265 g/mol. The van der Waals surface area contributed by atoms with E-state index in [0.717, 1.165) is 22.5 Å². The Kier molecular flexibility index (Phi) is 3.55. The van der Waals surface area contributed by atoms with E-state index in [4.69, 9.17) is 5.73 Å². The van der Waals surface area contributed by atoms with Gasteiger partial charge in [-0.2, -0.15) is 0 Å². The molecule has 0 amide bonds. The summed E-state index contributed by atoms with van der Waals surface area (Å²) in [6.07, 6.45) is 0. The number of halogens is 1. The van der Waals surface area contributed by atoms with Gasteiger partial charge in [-0.25, -0.2) is 4.39 Å². The zero-order chi connectivity index (χ0) is 15.0. The first-order valence-corrected chi connectivity index (χ1v) is 7.13. The van der Waals surface area contributed by atoms with E-state index in [0.29, 0.717) is 13.1 Å². The van der Waals surface area contributed by atoms with Crippen LogP contribution in [0.3, 0.4) is 0 Å². The van der Waals surface area contributed by atoms with E-state index >= 15 is 0 Å². The SMILES string of the molecule is CN(C)c1ccc(N2Cc3c(F)cccc3C2CN)cc1. The highest BCUT2D eigenvalue weighted by Gasteiger charge is 2.31. The van der Waals surface area contributed by atoms with Crippen LogP contribution in [0, 0.1) is 5.82 Å². The Morgan fingerprint density at radius 1 is 1.19 bits per heavy atom. The van der Waals surface area contributed by atoms with Gasteiger partial charge in [0.25, 0.3) is 0 Å². The number of nitrogens with zero attached hydrogens (tertiary/aromatic N) is 2. The van der Waals surface area contributed by atoms with Crippen molar-refractivity contribution in [2.45, 2.75) is 12.6 Å². The van der Waals surface area contributed by atoms with Gasteiger partial charge in [0.05, 0.1) is 6.04 Å². The van der Waals surface area contributed by atoms with Crippen LogP contribution in [-0.4, -0.2) is 20.6 Å². The molecule has 4 heteroatoms. The van der Waals surface area contributed by atoms with Gasteiger partial charge in [-0.3, -0.25) is 0 Å². The smallest absolute Gasteiger partial charge is 0.128 e. The monoisotopic (exact) mass is 285 g/mol. The van der Waals surface area contributed by atoms with Crippen LogP contribution in [0.5, 0.6) is 0 Å². The zero-order valence-electron chi connectivity index (χ0n) is 12.4. The summed E-state index contributed by atoms with van der Waals surface area (Å²) >= 11 is 0. The molecule has 1 aliphatic rings. The highest BCUT2D eigenvalue weighted by atomic mass is 19.1. The molecule has 0 saturated carbocycles. The number of hydrogen-bond acceptors (Lipinski definition) is 3. The second-order valence-corrected chi connectivity index (χ2v) is 5.60. The van der Waals surface area contributed by atoms with Crippen LogP contribution in [0.4, 0.5) is 15.8 Å². The minimum atomic E-state index is -0.140. The largest absolute Gasteiger partial charge is 0.378 e. The van der Waals surface area contributed by atoms with Gasteiger partial charge in [0, 0.05) is 44.1 Å². The Morgan fingerprint density at radius 2 is 1.90 bits per heavy atom. The van der Waals surface area contributed by atoms with Gasteiger partial charge in [-0.15, -0.1) is 0 Å². The number of fused-ring (bicyclic) bond motifs is 1.